The number of pyridine rings is 1. The molecule has 0 fully saturated rings. The summed E-state index contributed by atoms with van der Waals surface area (Å²) in [6.07, 6.45) is 1.27. The van der Waals surface area contributed by atoms with Crippen molar-refractivity contribution < 1.29 is 9.18 Å². The summed E-state index contributed by atoms with van der Waals surface area (Å²) >= 11 is 3.23. The number of aromatic nitrogens is 1. The molecular formula is C14H9BrFN3O. The number of nitriles is 1. The minimum atomic E-state index is -0.434. The summed E-state index contributed by atoms with van der Waals surface area (Å²) in [6.45, 7) is 0. The van der Waals surface area contributed by atoms with Gasteiger partial charge in [0.15, 0.2) is 0 Å². The zero-order chi connectivity index (χ0) is 14.5. The van der Waals surface area contributed by atoms with Gasteiger partial charge in [0.25, 0.3) is 0 Å². The summed E-state index contributed by atoms with van der Waals surface area (Å²) in [6, 6.07) is 9.42. The van der Waals surface area contributed by atoms with Crippen LogP contribution >= 0.6 is 15.9 Å². The SMILES string of the molecule is N#Cc1ccc(NC(=O)Cc2cc(Br)ccc2F)nc1. The standard InChI is InChI=1S/C14H9BrFN3O/c15-11-2-3-12(16)10(5-11)6-14(20)19-13-4-1-9(7-17)8-18-13/h1-5,8H,6H2,(H,18,19,20). The molecule has 100 valence electrons. The van der Waals surface area contributed by atoms with Crippen LogP contribution in [0.5, 0.6) is 0 Å². The average Bonchev–Trinajstić information content (AvgIpc) is 2.43. The fourth-order valence-corrected chi connectivity index (χ4v) is 1.98. The Morgan fingerprint density at radius 1 is 1.40 bits per heavy atom. The molecule has 0 unspecified atom stereocenters. The highest BCUT2D eigenvalue weighted by molar-refractivity contribution is 9.10. The van der Waals surface area contributed by atoms with E-state index in [0.29, 0.717) is 21.4 Å². The van der Waals surface area contributed by atoms with E-state index in [9.17, 15) is 9.18 Å². The summed E-state index contributed by atoms with van der Waals surface area (Å²) in [5, 5.41) is 11.2. The number of carbonyl (C=O) groups is 1. The lowest BCUT2D eigenvalue weighted by molar-refractivity contribution is -0.115. The van der Waals surface area contributed by atoms with E-state index in [1.165, 1.54) is 18.3 Å². The second kappa shape index (κ2) is 6.26. The fraction of sp³-hybridized carbons (Fsp3) is 0.0714. The third-order valence-corrected chi connectivity index (χ3v) is 3.01. The molecule has 4 nitrogen and oxygen atoms in total. The summed E-state index contributed by atoms with van der Waals surface area (Å²) in [5.74, 6) is -0.486. The van der Waals surface area contributed by atoms with Crippen molar-refractivity contribution in [2.75, 3.05) is 5.32 Å². The van der Waals surface area contributed by atoms with Gasteiger partial charge in [0.05, 0.1) is 12.0 Å². The van der Waals surface area contributed by atoms with E-state index in [1.54, 1.807) is 18.2 Å². The van der Waals surface area contributed by atoms with E-state index in [-0.39, 0.29) is 12.3 Å². The number of hydrogen-bond acceptors (Lipinski definition) is 3. The Labute approximate surface area is 123 Å². The van der Waals surface area contributed by atoms with Crippen LogP contribution in [0.1, 0.15) is 11.1 Å². The van der Waals surface area contributed by atoms with Gasteiger partial charge < -0.3 is 5.32 Å². The first-order chi connectivity index (χ1) is 9.58. The molecule has 0 spiro atoms. The zero-order valence-electron chi connectivity index (χ0n) is 10.2. The highest BCUT2D eigenvalue weighted by Crippen LogP contribution is 2.16. The van der Waals surface area contributed by atoms with Crippen LogP contribution in [0.4, 0.5) is 10.2 Å². The number of carbonyl (C=O) groups excluding carboxylic acids is 1. The average molecular weight is 334 g/mol. The zero-order valence-corrected chi connectivity index (χ0v) is 11.8. The molecule has 2 aromatic rings. The number of rotatable bonds is 3. The molecule has 1 N–H and O–H groups in total. The lowest BCUT2D eigenvalue weighted by Crippen LogP contribution is -2.16. The molecule has 0 aliphatic heterocycles. The van der Waals surface area contributed by atoms with Gasteiger partial charge in [-0.3, -0.25) is 4.79 Å². The van der Waals surface area contributed by atoms with Gasteiger partial charge in [0.2, 0.25) is 5.91 Å². The fourth-order valence-electron chi connectivity index (χ4n) is 1.57. The van der Waals surface area contributed by atoms with Crippen LogP contribution in [0.15, 0.2) is 41.0 Å². The Bertz CT molecular complexity index is 680. The Morgan fingerprint density at radius 3 is 2.85 bits per heavy atom. The highest BCUT2D eigenvalue weighted by Gasteiger charge is 2.09. The minimum Gasteiger partial charge on any atom is -0.310 e. The monoisotopic (exact) mass is 333 g/mol. The molecule has 2 rings (SSSR count). The Balaban J connectivity index is 2.05. The summed E-state index contributed by atoms with van der Waals surface area (Å²) < 4.78 is 14.2. The molecule has 0 aliphatic carbocycles. The van der Waals surface area contributed by atoms with Gasteiger partial charge in [0, 0.05) is 10.7 Å². The Hall–Kier alpha value is -2.26. The molecule has 0 saturated heterocycles. The van der Waals surface area contributed by atoms with Crippen molar-refractivity contribution in [3.8, 4) is 6.07 Å². The van der Waals surface area contributed by atoms with Gasteiger partial charge in [-0.05, 0) is 35.9 Å². The second-order valence-corrected chi connectivity index (χ2v) is 4.92. The molecule has 20 heavy (non-hydrogen) atoms. The predicted octanol–water partition coefficient (Wildman–Crippen LogP) is 3.04. The van der Waals surface area contributed by atoms with Crippen molar-refractivity contribution in [2.24, 2.45) is 0 Å². The van der Waals surface area contributed by atoms with Crippen molar-refractivity contribution >= 4 is 27.7 Å². The summed E-state index contributed by atoms with van der Waals surface area (Å²) in [7, 11) is 0. The molecule has 6 heteroatoms. The van der Waals surface area contributed by atoms with Crippen LogP contribution in [0.3, 0.4) is 0 Å². The van der Waals surface area contributed by atoms with Gasteiger partial charge in [-0.2, -0.15) is 5.26 Å². The number of hydrogen-bond donors (Lipinski definition) is 1. The summed E-state index contributed by atoms with van der Waals surface area (Å²) in [4.78, 5) is 15.7. The van der Waals surface area contributed by atoms with Crippen molar-refractivity contribution in [2.45, 2.75) is 6.42 Å². The highest BCUT2D eigenvalue weighted by atomic mass is 79.9. The van der Waals surface area contributed by atoms with Gasteiger partial charge in [0.1, 0.15) is 17.7 Å². The number of benzene rings is 1. The number of nitrogens with zero attached hydrogens (tertiary/aromatic N) is 2. The van der Waals surface area contributed by atoms with E-state index in [4.69, 9.17) is 5.26 Å². The van der Waals surface area contributed by atoms with Gasteiger partial charge in [-0.25, -0.2) is 9.37 Å². The third-order valence-electron chi connectivity index (χ3n) is 2.52. The van der Waals surface area contributed by atoms with E-state index in [0.717, 1.165) is 0 Å². The molecule has 0 saturated carbocycles. The van der Waals surface area contributed by atoms with Crippen LogP contribution in [-0.4, -0.2) is 10.9 Å². The van der Waals surface area contributed by atoms with Crippen molar-refractivity contribution in [3.63, 3.8) is 0 Å². The normalized spacial score (nSPS) is 9.85. The van der Waals surface area contributed by atoms with E-state index >= 15 is 0 Å². The number of anilines is 1. The van der Waals surface area contributed by atoms with Crippen molar-refractivity contribution in [3.05, 3.63) is 57.9 Å². The Kier molecular flexibility index (Phi) is 4.43. The number of amides is 1. The van der Waals surface area contributed by atoms with Gasteiger partial charge in [-0.15, -0.1) is 0 Å². The van der Waals surface area contributed by atoms with Gasteiger partial charge in [-0.1, -0.05) is 15.9 Å². The van der Waals surface area contributed by atoms with E-state index < -0.39 is 5.82 Å². The van der Waals surface area contributed by atoms with Crippen molar-refractivity contribution in [1.82, 2.24) is 4.98 Å². The number of nitrogens with one attached hydrogen (secondary N) is 1. The molecule has 1 amide bonds. The lowest BCUT2D eigenvalue weighted by Gasteiger charge is -2.06. The van der Waals surface area contributed by atoms with Crippen LogP contribution in [0.25, 0.3) is 0 Å². The molecule has 0 bridgehead atoms. The van der Waals surface area contributed by atoms with E-state index in [1.807, 2.05) is 6.07 Å². The molecule has 1 aromatic heterocycles. The van der Waals surface area contributed by atoms with Gasteiger partial charge >= 0.3 is 0 Å². The van der Waals surface area contributed by atoms with Crippen LogP contribution < -0.4 is 5.32 Å². The third kappa shape index (κ3) is 3.62. The molecular weight excluding hydrogens is 325 g/mol. The molecule has 0 atom stereocenters. The molecule has 1 heterocycles. The first kappa shape index (κ1) is 14.2. The van der Waals surface area contributed by atoms with Crippen molar-refractivity contribution in [1.29, 1.82) is 5.26 Å². The second-order valence-electron chi connectivity index (χ2n) is 4.00. The number of halogens is 2. The quantitative estimate of drug-likeness (QED) is 0.938. The van der Waals surface area contributed by atoms with Crippen LogP contribution in [0.2, 0.25) is 0 Å². The largest absolute Gasteiger partial charge is 0.310 e. The lowest BCUT2D eigenvalue weighted by atomic mass is 10.1. The first-order valence-electron chi connectivity index (χ1n) is 5.68. The van der Waals surface area contributed by atoms with Crippen LogP contribution in [-0.2, 0) is 11.2 Å². The maximum absolute atomic E-state index is 13.5. The van der Waals surface area contributed by atoms with E-state index in [2.05, 4.69) is 26.2 Å². The maximum atomic E-state index is 13.5. The maximum Gasteiger partial charge on any atom is 0.230 e. The molecule has 0 radical (unpaired) electrons. The predicted molar refractivity (Wildman–Crippen MR) is 75.4 cm³/mol. The smallest absolute Gasteiger partial charge is 0.230 e. The first-order valence-corrected chi connectivity index (χ1v) is 6.47. The topological polar surface area (TPSA) is 65.8 Å². The van der Waals surface area contributed by atoms with Crippen LogP contribution in [0, 0.1) is 17.1 Å². The Morgan fingerprint density at radius 2 is 2.20 bits per heavy atom. The molecule has 1 aromatic carbocycles. The molecule has 0 aliphatic rings. The summed E-state index contributed by atoms with van der Waals surface area (Å²) in [5.41, 5.74) is 0.701. The minimum absolute atomic E-state index is 0.0903.